The van der Waals surface area contributed by atoms with Crippen molar-refractivity contribution in [2.24, 2.45) is 5.92 Å². The van der Waals surface area contributed by atoms with Crippen LogP contribution in [0, 0.1) is 5.92 Å². The van der Waals surface area contributed by atoms with Crippen molar-refractivity contribution in [1.82, 2.24) is 0 Å². The van der Waals surface area contributed by atoms with E-state index in [1.54, 1.807) is 6.92 Å². The van der Waals surface area contributed by atoms with Crippen molar-refractivity contribution in [2.75, 3.05) is 11.9 Å². The second-order valence-electron chi connectivity index (χ2n) is 4.25. The molecule has 0 bridgehead atoms. The van der Waals surface area contributed by atoms with Gasteiger partial charge in [-0.1, -0.05) is 17.7 Å². The molecule has 0 saturated heterocycles. The molecule has 2 atom stereocenters. The molecule has 16 heavy (non-hydrogen) atoms. The maximum absolute atomic E-state index is 11.0. The smallest absolute Gasteiger partial charge is 0.308 e. The first-order chi connectivity index (χ1) is 7.52. The van der Waals surface area contributed by atoms with E-state index in [1.165, 1.54) is 0 Å². The number of hydrogen-bond acceptors (Lipinski definition) is 2. The molecule has 0 aliphatic carbocycles. The summed E-state index contributed by atoms with van der Waals surface area (Å²) in [6, 6.07) is 5.72. The van der Waals surface area contributed by atoms with Gasteiger partial charge in [-0.2, -0.15) is 0 Å². The fourth-order valence-corrected chi connectivity index (χ4v) is 2.53. The number of anilines is 1. The topological polar surface area (TPSA) is 40.5 Å². The molecular weight excluding hydrogens is 226 g/mol. The minimum absolute atomic E-state index is 0.00704. The van der Waals surface area contributed by atoms with Crippen LogP contribution in [-0.4, -0.2) is 24.2 Å². The minimum Gasteiger partial charge on any atom is -0.481 e. The first-order valence-corrected chi connectivity index (χ1v) is 5.63. The third kappa shape index (κ3) is 1.65. The van der Waals surface area contributed by atoms with E-state index < -0.39 is 11.9 Å². The van der Waals surface area contributed by atoms with Crippen LogP contribution in [0.2, 0.25) is 5.02 Å². The van der Waals surface area contributed by atoms with Gasteiger partial charge in [0.05, 0.1) is 5.92 Å². The molecule has 1 aliphatic heterocycles. The molecule has 0 amide bonds. The van der Waals surface area contributed by atoms with Crippen LogP contribution in [0.1, 0.15) is 12.5 Å². The third-order valence-electron chi connectivity index (χ3n) is 3.35. The third-order valence-corrected chi connectivity index (χ3v) is 3.71. The van der Waals surface area contributed by atoms with Gasteiger partial charge in [0.25, 0.3) is 0 Å². The van der Waals surface area contributed by atoms with Crippen molar-refractivity contribution in [3.63, 3.8) is 0 Å². The summed E-state index contributed by atoms with van der Waals surface area (Å²) in [4.78, 5) is 13.0. The summed E-state index contributed by atoms with van der Waals surface area (Å²) in [6.45, 7) is 1.74. The lowest BCUT2D eigenvalue weighted by atomic mass is 9.98. The van der Waals surface area contributed by atoms with E-state index in [0.29, 0.717) is 6.42 Å². The summed E-state index contributed by atoms with van der Waals surface area (Å²) in [6.07, 6.45) is 0.707. The second kappa shape index (κ2) is 3.98. The number of carboxylic acid groups (broad SMARTS) is 1. The zero-order chi connectivity index (χ0) is 11.9. The van der Waals surface area contributed by atoms with Gasteiger partial charge < -0.3 is 10.0 Å². The van der Waals surface area contributed by atoms with Crippen LogP contribution in [0.25, 0.3) is 0 Å². The summed E-state index contributed by atoms with van der Waals surface area (Å²) >= 11 is 6.11. The Morgan fingerprint density at radius 3 is 2.88 bits per heavy atom. The number of aliphatic carboxylic acids is 1. The van der Waals surface area contributed by atoms with Crippen molar-refractivity contribution in [2.45, 2.75) is 19.4 Å². The number of nitrogens with zero attached hydrogens (tertiary/aromatic N) is 1. The monoisotopic (exact) mass is 239 g/mol. The van der Waals surface area contributed by atoms with Crippen LogP contribution in [0.15, 0.2) is 18.2 Å². The highest BCUT2D eigenvalue weighted by atomic mass is 35.5. The zero-order valence-electron chi connectivity index (χ0n) is 9.27. The van der Waals surface area contributed by atoms with Crippen molar-refractivity contribution < 1.29 is 9.90 Å². The number of carboxylic acids is 1. The molecule has 1 aromatic rings. The molecule has 3 nitrogen and oxygen atoms in total. The standard InChI is InChI=1S/C12H14ClNO2/c1-7(12(15)16)11-6-8-9(13)4-3-5-10(8)14(11)2/h3-5,7,11H,6H2,1-2H3,(H,15,16). The Labute approximate surface area is 99.6 Å². The number of fused-ring (bicyclic) bond motifs is 1. The molecule has 0 fully saturated rings. The van der Waals surface area contributed by atoms with E-state index in [9.17, 15) is 4.79 Å². The quantitative estimate of drug-likeness (QED) is 0.862. The highest BCUT2D eigenvalue weighted by Crippen LogP contribution is 2.37. The van der Waals surface area contributed by atoms with Gasteiger partial charge in [0, 0.05) is 23.8 Å². The van der Waals surface area contributed by atoms with Gasteiger partial charge >= 0.3 is 5.97 Å². The van der Waals surface area contributed by atoms with Gasteiger partial charge in [0.1, 0.15) is 0 Å². The molecule has 1 heterocycles. The number of hydrogen-bond donors (Lipinski definition) is 1. The van der Waals surface area contributed by atoms with E-state index in [2.05, 4.69) is 0 Å². The molecule has 1 aromatic carbocycles. The van der Waals surface area contributed by atoms with E-state index >= 15 is 0 Å². The minimum atomic E-state index is -0.763. The number of rotatable bonds is 2. The SMILES string of the molecule is CC(C(=O)O)C1Cc2c(Cl)cccc2N1C. The fourth-order valence-electron chi connectivity index (χ4n) is 2.28. The van der Waals surface area contributed by atoms with Crippen LogP contribution in [0.4, 0.5) is 5.69 Å². The van der Waals surface area contributed by atoms with Crippen LogP contribution in [0.3, 0.4) is 0 Å². The van der Waals surface area contributed by atoms with Gasteiger partial charge in [-0.15, -0.1) is 0 Å². The van der Waals surface area contributed by atoms with Crippen molar-refractivity contribution >= 4 is 23.3 Å². The largest absolute Gasteiger partial charge is 0.481 e. The average molecular weight is 240 g/mol. The Hall–Kier alpha value is -1.22. The summed E-state index contributed by atoms with van der Waals surface area (Å²) in [7, 11) is 1.92. The molecule has 0 saturated carbocycles. The van der Waals surface area contributed by atoms with Crippen molar-refractivity contribution in [3.05, 3.63) is 28.8 Å². The number of benzene rings is 1. The fraction of sp³-hybridized carbons (Fsp3) is 0.417. The molecule has 0 aromatic heterocycles. The Morgan fingerprint density at radius 2 is 2.31 bits per heavy atom. The van der Waals surface area contributed by atoms with Gasteiger partial charge in [-0.25, -0.2) is 0 Å². The molecule has 2 unspecified atom stereocenters. The lowest BCUT2D eigenvalue weighted by molar-refractivity contribution is -0.141. The van der Waals surface area contributed by atoms with Gasteiger partial charge in [-0.05, 0) is 31.0 Å². The van der Waals surface area contributed by atoms with Gasteiger partial charge in [0.15, 0.2) is 0 Å². The van der Waals surface area contributed by atoms with Crippen molar-refractivity contribution in [1.29, 1.82) is 0 Å². The summed E-state index contributed by atoms with van der Waals surface area (Å²) in [5.41, 5.74) is 2.11. The first kappa shape index (κ1) is 11.3. The Balaban J connectivity index is 2.34. The number of halogens is 1. The predicted molar refractivity (Wildman–Crippen MR) is 64.1 cm³/mol. The maximum atomic E-state index is 11.0. The highest BCUT2D eigenvalue weighted by molar-refractivity contribution is 6.31. The predicted octanol–water partition coefficient (Wildman–Crippen LogP) is 2.42. The Kier molecular flexibility index (Phi) is 2.80. The average Bonchev–Trinajstić information content (AvgIpc) is 2.57. The van der Waals surface area contributed by atoms with Crippen LogP contribution in [-0.2, 0) is 11.2 Å². The zero-order valence-corrected chi connectivity index (χ0v) is 10.0. The number of likely N-dealkylation sites (N-methyl/N-ethyl adjacent to an activating group) is 1. The lowest BCUT2D eigenvalue weighted by Gasteiger charge is -2.25. The van der Waals surface area contributed by atoms with Crippen LogP contribution >= 0.6 is 11.6 Å². The molecule has 1 N–H and O–H groups in total. The van der Waals surface area contributed by atoms with Crippen LogP contribution < -0.4 is 4.90 Å². The Bertz CT molecular complexity index is 433. The second-order valence-corrected chi connectivity index (χ2v) is 4.65. The molecule has 4 heteroatoms. The Morgan fingerprint density at radius 1 is 1.62 bits per heavy atom. The van der Waals surface area contributed by atoms with E-state index in [0.717, 1.165) is 16.3 Å². The van der Waals surface area contributed by atoms with Crippen LogP contribution in [0.5, 0.6) is 0 Å². The summed E-state index contributed by atoms with van der Waals surface area (Å²) in [5, 5.41) is 9.78. The van der Waals surface area contributed by atoms with Gasteiger partial charge in [0.2, 0.25) is 0 Å². The molecule has 0 radical (unpaired) electrons. The molecular formula is C12H14ClNO2. The normalized spacial score (nSPS) is 20.7. The number of carbonyl (C=O) groups is 1. The lowest BCUT2D eigenvalue weighted by Crippen LogP contribution is -2.37. The van der Waals surface area contributed by atoms with Gasteiger partial charge in [-0.3, -0.25) is 4.79 Å². The van der Waals surface area contributed by atoms with E-state index in [1.807, 2.05) is 30.1 Å². The highest BCUT2D eigenvalue weighted by Gasteiger charge is 2.34. The molecule has 1 aliphatic rings. The van der Waals surface area contributed by atoms with Crippen molar-refractivity contribution in [3.8, 4) is 0 Å². The summed E-state index contributed by atoms with van der Waals surface area (Å²) in [5.74, 6) is -1.16. The summed E-state index contributed by atoms with van der Waals surface area (Å²) < 4.78 is 0. The first-order valence-electron chi connectivity index (χ1n) is 5.25. The molecule has 0 spiro atoms. The molecule has 86 valence electrons. The van der Waals surface area contributed by atoms with E-state index in [-0.39, 0.29) is 6.04 Å². The molecule has 2 rings (SSSR count). The van der Waals surface area contributed by atoms with E-state index in [4.69, 9.17) is 16.7 Å². The maximum Gasteiger partial charge on any atom is 0.308 e.